The van der Waals surface area contributed by atoms with E-state index in [2.05, 4.69) is 20.5 Å². The molecule has 0 atom stereocenters. The molecule has 0 unspecified atom stereocenters. The Kier molecular flexibility index (Phi) is 6.31. The second-order valence-corrected chi connectivity index (χ2v) is 6.13. The van der Waals surface area contributed by atoms with Crippen molar-refractivity contribution in [3.8, 4) is 5.75 Å². The molecule has 0 fully saturated rings. The molecule has 0 saturated carbocycles. The number of hydrazone groups is 1. The summed E-state index contributed by atoms with van der Waals surface area (Å²) < 4.78 is 5.18. The number of rotatable bonds is 6. The maximum Gasteiger partial charge on any atom is 0.250 e. The van der Waals surface area contributed by atoms with E-state index < -0.39 is 0 Å². The van der Waals surface area contributed by atoms with E-state index >= 15 is 0 Å². The van der Waals surface area contributed by atoms with Gasteiger partial charge in [0.05, 0.1) is 18.6 Å². The number of aryl methyl sites for hydroxylation is 2. The molecule has 1 amide bonds. The number of nitrogens with zero attached hydrogens (tertiary/aromatic N) is 3. The Balaban J connectivity index is 1.91. The van der Waals surface area contributed by atoms with Crippen LogP contribution in [0.15, 0.2) is 40.6 Å². The van der Waals surface area contributed by atoms with E-state index in [0.29, 0.717) is 10.9 Å². The van der Waals surface area contributed by atoms with Gasteiger partial charge in [-0.2, -0.15) is 5.10 Å². The van der Waals surface area contributed by atoms with Gasteiger partial charge in [0.15, 0.2) is 5.16 Å². The van der Waals surface area contributed by atoms with Crippen LogP contribution in [0, 0.1) is 13.8 Å². The fraction of sp³-hybridized carbons (Fsp3) is 0.294. The highest BCUT2D eigenvalue weighted by molar-refractivity contribution is 7.99. The number of methoxy groups -OCH3 is 1. The van der Waals surface area contributed by atoms with Gasteiger partial charge in [0.2, 0.25) is 0 Å². The number of hydrogen-bond donors (Lipinski definition) is 1. The molecular weight excluding hydrogens is 324 g/mol. The van der Waals surface area contributed by atoms with E-state index in [9.17, 15) is 4.79 Å². The molecule has 24 heavy (non-hydrogen) atoms. The molecule has 0 aliphatic carbocycles. The summed E-state index contributed by atoms with van der Waals surface area (Å²) >= 11 is 1.29. The smallest absolute Gasteiger partial charge is 0.250 e. The van der Waals surface area contributed by atoms with Crippen LogP contribution in [-0.4, -0.2) is 34.4 Å². The average Bonchev–Trinajstić information content (AvgIpc) is 2.57. The van der Waals surface area contributed by atoms with Crippen LogP contribution in [0.5, 0.6) is 5.75 Å². The van der Waals surface area contributed by atoms with E-state index in [-0.39, 0.29) is 11.7 Å². The van der Waals surface area contributed by atoms with Crippen LogP contribution in [-0.2, 0) is 4.79 Å². The van der Waals surface area contributed by atoms with Gasteiger partial charge >= 0.3 is 0 Å². The van der Waals surface area contributed by atoms with E-state index in [1.165, 1.54) is 11.8 Å². The molecule has 2 aromatic rings. The molecular formula is C17H20N4O2S. The number of hydrogen-bond acceptors (Lipinski definition) is 6. The highest BCUT2D eigenvalue weighted by atomic mass is 32.2. The maximum atomic E-state index is 11.9. The van der Waals surface area contributed by atoms with Crippen molar-refractivity contribution in [3.05, 3.63) is 47.3 Å². The third-order valence-corrected chi connectivity index (χ3v) is 3.98. The van der Waals surface area contributed by atoms with E-state index in [1.54, 1.807) is 7.11 Å². The number of carbonyl (C=O) groups excluding carboxylic acids is 1. The number of carbonyl (C=O) groups is 1. The van der Waals surface area contributed by atoms with E-state index in [0.717, 1.165) is 22.7 Å². The molecule has 1 N–H and O–H groups in total. The minimum absolute atomic E-state index is 0.204. The van der Waals surface area contributed by atoms with Gasteiger partial charge in [-0.3, -0.25) is 4.79 Å². The lowest BCUT2D eigenvalue weighted by atomic mass is 10.1. The number of ether oxygens (including phenoxy) is 1. The van der Waals surface area contributed by atoms with E-state index in [4.69, 9.17) is 4.74 Å². The zero-order valence-corrected chi connectivity index (χ0v) is 15.0. The molecule has 126 valence electrons. The predicted molar refractivity (Wildman–Crippen MR) is 95.6 cm³/mol. The summed E-state index contributed by atoms with van der Waals surface area (Å²) in [4.78, 5) is 20.5. The zero-order valence-electron chi connectivity index (χ0n) is 14.2. The molecule has 0 aliphatic heterocycles. The van der Waals surface area contributed by atoms with Gasteiger partial charge in [-0.25, -0.2) is 15.4 Å². The standard InChI is InChI=1S/C17H20N4O2S/c1-11-8-12(2)19-17(18-11)24-10-16(22)21-20-13(3)14-6-5-7-15(9-14)23-4/h5-9H,10H2,1-4H3,(H,21,22)/b20-13-. The van der Waals surface area contributed by atoms with Gasteiger partial charge in [0.1, 0.15) is 5.75 Å². The number of benzene rings is 1. The molecule has 7 heteroatoms. The topological polar surface area (TPSA) is 76.5 Å². The van der Waals surface area contributed by atoms with Crippen LogP contribution in [0.4, 0.5) is 0 Å². The first-order valence-corrected chi connectivity index (χ1v) is 8.39. The number of thioether (sulfide) groups is 1. The van der Waals surface area contributed by atoms with Crippen molar-refractivity contribution in [1.29, 1.82) is 0 Å². The molecule has 0 saturated heterocycles. The molecule has 0 spiro atoms. The molecule has 0 radical (unpaired) electrons. The van der Waals surface area contributed by atoms with Crippen LogP contribution in [0.1, 0.15) is 23.9 Å². The van der Waals surface area contributed by atoms with Crippen molar-refractivity contribution >= 4 is 23.4 Å². The van der Waals surface area contributed by atoms with Crippen LogP contribution in [0.2, 0.25) is 0 Å². The predicted octanol–water partition coefficient (Wildman–Crippen LogP) is 2.73. The Morgan fingerprint density at radius 2 is 1.96 bits per heavy atom. The van der Waals surface area contributed by atoms with Gasteiger partial charge < -0.3 is 4.74 Å². The lowest BCUT2D eigenvalue weighted by Crippen LogP contribution is -2.21. The van der Waals surface area contributed by atoms with Crippen molar-refractivity contribution < 1.29 is 9.53 Å². The van der Waals surface area contributed by atoms with Crippen LogP contribution in [0.3, 0.4) is 0 Å². The summed E-state index contributed by atoms with van der Waals surface area (Å²) in [7, 11) is 1.61. The van der Waals surface area contributed by atoms with Crippen molar-refractivity contribution in [3.63, 3.8) is 0 Å². The molecule has 1 heterocycles. The second-order valence-electron chi connectivity index (χ2n) is 5.19. The molecule has 1 aromatic carbocycles. The van der Waals surface area contributed by atoms with Gasteiger partial charge in [-0.1, -0.05) is 23.9 Å². The zero-order chi connectivity index (χ0) is 17.5. The van der Waals surface area contributed by atoms with Gasteiger partial charge in [-0.05, 0) is 39.0 Å². The summed E-state index contributed by atoms with van der Waals surface area (Å²) in [6, 6.07) is 9.40. The first-order chi connectivity index (χ1) is 11.5. The minimum Gasteiger partial charge on any atom is -0.497 e. The Bertz CT molecular complexity index is 742. The van der Waals surface area contributed by atoms with Crippen LogP contribution >= 0.6 is 11.8 Å². The second kappa shape index (κ2) is 8.44. The quantitative estimate of drug-likeness (QED) is 0.377. The fourth-order valence-electron chi connectivity index (χ4n) is 1.98. The van der Waals surface area contributed by atoms with Crippen molar-refractivity contribution in [2.24, 2.45) is 5.10 Å². The molecule has 1 aromatic heterocycles. The van der Waals surface area contributed by atoms with Crippen molar-refractivity contribution in [2.45, 2.75) is 25.9 Å². The first-order valence-electron chi connectivity index (χ1n) is 7.40. The van der Waals surface area contributed by atoms with Crippen molar-refractivity contribution in [1.82, 2.24) is 15.4 Å². The largest absolute Gasteiger partial charge is 0.497 e. The van der Waals surface area contributed by atoms with Gasteiger partial charge in [-0.15, -0.1) is 0 Å². The van der Waals surface area contributed by atoms with Crippen LogP contribution in [0.25, 0.3) is 0 Å². The third-order valence-electron chi connectivity index (χ3n) is 3.13. The molecule has 6 nitrogen and oxygen atoms in total. The first kappa shape index (κ1) is 17.9. The lowest BCUT2D eigenvalue weighted by Gasteiger charge is -2.05. The minimum atomic E-state index is -0.204. The summed E-state index contributed by atoms with van der Waals surface area (Å²) in [5, 5.41) is 4.72. The number of aromatic nitrogens is 2. The van der Waals surface area contributed by atoms with Gasteiger partial charge in [0.25, 0.3) is 5.91 Å². The van der Waals surface area contributed by atoms with E-state index in [1.807, 2.05) is 51.1 Å². The Morgan fingerprint density at radius 3 is 2.62 bits per heavy atom. The summed E-state index contributed by atoms with van der Waals surface area (Å²) in [6.07, 6.45) is 0. The average molecular weight is 344 g/mol. The maximum absolute atomic E-state index is 11.9. The highest BCUT2D eigenvalue weighted by Crippen LogP contribution is 2.14. The summed E-state index contributed by atoms with van der Waals surface area (Å²) in [6.45, 7) is 5.64. The number of amides is 1. The van der Waals surface area contributed by atoms with Crippen molar-refractivity contribution in [2.75, 3.05) is 12.9 Å². The monoisotopic (exact) mass is 344 g/mol. The van der Waals surface area contributed by atoms with Crippen LogP contribution < -0.4 is 10.2 Å². The number of nitrogens with one attached hydrogen (secondary N) is 1. The lowest BCUT2D eigenvalue weighted by molar-refractivity contribution is -0.118. The Hall–Kier alpha value is -2.41. The Morgan fingerprint density at radius 1 is 1.25 bits per heavy atom. The highest BCUT2D eigenvalue weighted by Gasteiger charge is 2.06. The Labute approximate surface area is 145 Å². The molecule has 2 rings (SSSR count). The summed E-state index contributed by atoms with van der Waals surface area (Å²) in [5.74, 6) is 0.749. The molecule has 0 bridgehead atoms. The summed E-state index contributed by atoms with van der Waals surface area (Å²) in [5.41, 5.74) is 5.91. The SMILES string of the molecule is COc1cccc(/C(C)=N\NC(=O)CSc2nc(C)cc(C)n2)c1. The fourth-order valence-corrected chi connectivity index (χ4v) is 2.72. The normalized spacial score (nSPS) is 11.2. The molecule has 0 aliphatic rings. The van der Waals surface area contributed by atoms with Gasteiger partial charge in [0, 0.05) is 17.0 Å². The third kappa shape index (κ3) is 5.34.